The molecule has 4 rings (SSSR count). The Morgan fingerprint density at radius 3 is 2.76 bits per heavy atom. The van der Waals surface area contributed by atoms with E-state index in [0.29, 0.717) is 16.5 Å². The molecule has 0 spiro atoms. The van der Waals surface area contributed by atoms with Gasteiger partial charge in [-0.1, -0.05) is 19.1 Å². The number of hydrogen-bond donors (Lipinski definition) is 0. The summed E-state index contributed by atoms with van der Waals surface area (Å²) in [5, 5.41) is 14.0. The van der Waals surface area contributed by atoms with E-state index >= 15 is 0 Å². The number of rotatable bonds is 4. The molecular formula is C22H23N5OS. The average molecular weight is 406 g/mol. The first-order chi connectivity index (χ1) is 14.1. The number of thiazole rings is 1. The summed E-state index contributed by atoms with van der Waals surface area (Å²) in [4.78, 5) is 20.8. The molecule has 1 aliphatic heterocycles. The molecule has 2 aromatic heterocycles. The zero-order valence-corrected chi connectivity index (χ0v) is 17.4. The Hall–Kier alpha value is -2.98. The largest absolute Gasteiger partial charge is 0.336 e. The van der Waals surface area contributed by atoms with Gasteiger partial charge in [0.25, 0.3) is 5.91 Å². The van der Waals surface area contributed by atoms with E-state index in [4.69, 9.17) is 10.2 Å². The first-order valence-electron chi connectivity index (χ1n) is 9.92. The fourth-order valence-corrected chi connectivity index (χ4v) is 4.70. The molecule has 1 atom stereocenters. The summed E-state index contributed by atoms with van der Waals surface area (Å²) >= 11 is 1.42. The number of amides is 1. The van der Waals surface area contributed by atoms with Gasteiger partial charge >= 0.3 is 0 Å². The lowest BCUT2D eigenvalue weighted by Gasteiger charge is -2.30. The van der Waals surface area contributed by atoms with Crippen LogP contribution in [0, 0.1) is 17.2 Å². The van der Waals surface area contributed by atoms with E-state index in [2.05, 4.69) is 18.1 Å². The highest BCUT2D eigenvalue weighted by Gasteiger charge is 2.26. The van der Waals surface area contributed by atoms with Crippen LogP contribution in [0.25, 0.3) is 21.7 Å². The van der Waals surface area contributed by atoms with Gasteiger partial charge in [-0.15, -0.1) is 11.3 Å². The van der Waals surface area contributed by atoms with Crippen LogP contribution in [-0.2, 0) is 6.54 Å². The number of hydrogen-bond acceptors (Lipinski definition) is 5. The molecule has 0 bridgehead atoms. The fraction of sp³-hybridized carbons (Fsp3) is 0.364. The predicted octanol–water partition coefficient (Wildman–Crippen LogP) is 4.44. The minimum absolute atomic E-state index is 0.00517. The number of carbonyl (C=O) groups excluding carboxylic acids is 1. The third kappa shape index (κ3) is 3.94. The van der Waals surface area contributed by atoms with E-state index in [0.717, 1.165) is 47.8 Å². The van der Waals surface area contributed by atoms with E-state index < -0.39 is 0 Å². The number of piperidine rings is 1. The minimum atomic E-state index is 0.00517. The average Bonchev–Trinajstić information content (AvgIpc) is 3.40. The Balaban J connectivity index is 1.75. The molecule has 0 unspecified atom stereocenters. The highest BCUT2D eigenvalue weighted by Crippen LogP contribution is 2.37. The van der Waals surface area contributed by atoms with Crippen molar-refractivity contribution in [1.82, 2.24) is 19.7 Å². The third-order valence-corrected chi connectivity index (χ3v) is 6.35. The van der Waals surface area contributed by atoms with Gasteiger partial charge in [0.15, 0.2) is 5.01 Å². The molecule has 0 radical (unpaired) electrons. The number of nitrogens with zero attached hydrogens (tertiary/aromatic N) is 5. The molecule has 1 fully saturated rings. The van der Waals surface area contributed by atoms with Gasteiger partial charge in [0.05, 0.1) is 28.4 Å². The molecule has 148 valence electrons. The molecule has 7 heteroatoms. The minimum Gasteiger partial charge on any atom is -0.336 e. The lowest BCUT2D eigenvalue weighted by atomic mass is 10.0. The van der Waals surface area contributed by atoms with E-state index in [1.165, 1.54) is 17.8 Å². The second-order valence-electron chi connectivity index (χ2n) is 7.47. The molecule has 6 nitrogen and oxygen atoms in total. The van der Waals surface area contributed by atoms with Gasteiger partial charge in [0.1, 0.15) is 0 Å². The maximum atomic E-state index is 13.1. The second kappa shape index (κ2) is 8.18. The van der Waals surface area contributed by atoms with Crippen LogP contribution in [0.1, 0.15) is 42.1 Å². The Kier molecular flexibility index (Phi) is 5.45. The molecule has 29 heavy (non-hydrogen) atoms. The van der Waals surface area contributed by atoms with Crippen LogP contribution >= 0.6 is 11.3 Å². The van der Waals surface area contributed by atoms with E-state index in [1.54, 1.807) is 12.1 Å². The molecule has 3 aromatic rings. The zero-order valence-electron chi connectivity index (χ0n) is 16.6. The van der Waals surface area contributed by atoms with Crippen LogP contribution in [0.3, 0.4) is 0 Å². The summed E-state index contributed by atoms with van der Waals surface area (Å²) in [7, 11) is 0. The summed E-state index contributed by atoms with van der Waals surface area (Å²) in [6.07, 6.45) is 6.01. The van der Waals surface area contributed by atoms with Crippen molar-refractivity contribution < 1.29 is 4.79 Å². The number of likely N-dealkylation sites (tertiary alicyclic amines) is 1. The molecule has 0 saturated carbocycles. The highest BCUT2D eigenvalue weighted by atomic mass is 32.1. The van der Waals surface area contributed by atoms with Gasteiger partial charge < -0.3 is 4.90 Å². The molecule has 1 amide bonds. The topological polar surface area (TPSA) is 74.8 Å². The first-order valence-corrected chi connectivity index (χ1v) is 10.7. The van der Waals surface area contributed by atoms with Crippen LogP contribution in [0.15, 0.2) is 36.7 Å². The van der Waals surface area contributed by atoms with Gasteiger partial charge in [-0.3, -0.25) is 9.48 Å². The smallest absolute Gasteiger partial charge is 0.282 e. The monoisotopic (exact) mass is 405 g/mol. The molecule has 1 aliphatic rings. The fourth-order valence-electron chi connectivity index (χ4n) is 3.67. The molecular weight excluding hydrogens is 382 g/mol. The number of nitriles is 1. The van der Waals surface area contributed by atoms with Gasteiger partial charge in [-0.25, -0.2) is 4.98 Å². The van der Waals surface area contributed by atoms with Gasteiger partial charge in [0.2, 0.25) is 0 Å². The number of benzene rings is 1. The highest BCUT2D eigenvalue weighted by molar-refractivity contribution is 7.17. The number of carbonyl (C=O) groups is 1. The van der Waals surface area contributed by atoms with Gasteiger partial charge in [-0.05, 0) is 37.8 Å². The van der Waals surface area contributed by atoms with E-state index in [9.17, 15) is 4.79 Å². The molecule has 0 aliphatic carbocycles. The van der Waals surface area contributed by atoms with Crippen LogP contribution in [0.4, 0.5) is 0 Å². The standard InChI is InChI=1S/C22H23N5OS/c1-3-27-14-18(12-24-27)20-19(17-8-6-16(11-23)7-9-17)25-21(29-20)22(28)26-10-4-5-15(2)13-26/h6-9,12,14-15H,3-5,10,13H2,1-2H3/t15-/m1/s1. The molecule has 3 heterocycles. The van der Waals surface area contributed by atoms with Crippen LogP contribution in [-0.4, -0.2) is 38.7 Å². The normalized spacial score (nSPS) is 16.6. The van der Waals surface area contributed by atoms with Crippen molar-refractivity contribution >= 4 is 17.2 Å². The van der Waals surface area contributed by atoms with Crippen molar-refractivity contribution in [1.29, 1.82) is 5.26 Å². The number of aryl methyl sites for hydroxylation is 1. The third-order valence-electron chi connectivity index (χ3n) is 5.26. The lowest BCUT2D eigenvalue weighted by molar-refractivity contribution is 0.0682. The van der Waals surface area contributed by atoms with Crippen molar-refractivity contribution in [2.75, 3.05) is 13.1 Å². The maximum absolute atomic E-state index is 13.1. The summed E-state index contributed by atoms with van der Waals surface area (Å²) in [5.74, 6) is 0.526. The van der Waals surface area contributed by atoms with Crippen molar-refractivity contribution in [3.05, 3.63) is 47.2 Å². The summed E-state index contributed by atoms with van der Waals surface area (Å²) < 4.78 is 1.87. The van der Waals surface area contributed by atoms with Crippen molar-refractivity contribution in [3.63, 3.8) is 0 Å². The van der Waals surface area contributed by atoms with E-state index in [-0.39, 0.29) is 5.91 Å². The van der Waals surface area contributed by atoms with Crippen LogP contribution < -0.4 is 0 Å². The number of aromatic nitrogens is 3. The van der Waals surface area contributed by atoms with Crippen LogP contribution in [0.2, 0.25) is 0 Å². The van der Waals surface area contributed by atoms with Crippen LogP contribution in [0.5, 0.6) is 0 Å². The quantitative estimate of drug-likeness (QED) is 0.643. The Bertz CT molecular complexity index is 1060. The van der Waals surface area contributed by atoms with Gasteiger partial charge in [-0.2, -0.15) is 10.4 Å². The van der Waals surface area contributed by atoms with Crippen molar-refractivity contribution in [2.24, 2.45) is 5.92 Å². The molecule has 1 aromatic carbocycles. The summed E-state index contributed by atoms with van der Waals surface area (Å²) in [5.41, 5.74) is 3.21. The predicted molar refractivity (Wildman–Crippen MR) is 113 cm³/mol. The second-order valence-corrected chi connectivity index (χ2v) is 8.47. The zero-order chi connectivity index (χ0) is 20.4. The Morgan fingerprint density at radius 1 is 1.31 bits per heavy atom. The Morgan fingerprint density at radius 2 is 2.10 bits per heavy atom. The first kappa shape index (κ1) is 19.3. The Labute approximate surface area is 174 Å². The summed E-state index contributed by atoms with van der Waals surface area (Å²) in [6, 6.07) is 9.48. The van der Waals surface area contributed by atoms with Crippen molar-refractivity contribution in [3.8, 4) is 27.8 Å². The molecule has 0 N–H and O–H groups in total. The van der Waals surface area contributed by atoms with E-state index in [1.807, 2.05) is 41.0 Å². The molecule has 1 saturated heterocycles. The lowest BCUT2D eigenvalue weighted by Crippen LogP contribution is -2.39. The van der Waals surface area contributed by atoms with Gasteiger partial charge in [0, 0.05) is 37.0 Å². The summed E-state index contributed by atoms with van der Waals surface area (Å²) in [6.45, 7) is 6.58. The maximum Gasteiger partial charge on any atom is 0.282 e. The van der Waals surface area contributed by atoms with Crippen molar-refractivity contribution in [2.45, 2.75) is 33.2 Å². The SMILES string of the molecule is CCn1cc(-c2sc(C(=O)N3CCC[C@@H](C)C3)nc2-c2ccc(C#N)cc2)cn1.